The molecular weight excluding hydrogens is 421 g/mol. The van der Waals surface area contributed by atoms with E-state index in [0.717, 1.165) is 22.9 Å². The summed E-state index contributed by atoms with van der Waals surface area (Å²) in [6.45, 7) is 5.51. The summed E-state index contributed by atoms with van der Waals surface area (Å²) in [6, 6.07) is 5.28. The zero-order chi connectivity index (χ0) is 23.4. The van der Waals surface area contributed by atoms with Crippen molar-refractivity contribution in [3.8, 4) is 6.07 Å². The van der Waals surface area contributed by atoms with Gasteiger partial charge in [-0.05, 0) is 43.2 Å². The van der Waals surface area contributed by atoms with Gasteiger partial charge in [-0.1, -0.05) is 0 Å². The smallest absolute Gasteiger partial charge is 0.371 e. The van der Waals surface area contributed by atoms with Gasteiger partial charge in [0.1, 0.15) is 0 Å². The van der Waals surface area contributed by atoms with Gasteiger partial charge in [-0.15, -0.1) is 0 Å². The van der Waals surface area contributed by atoms with Crippen LogP contribution in [0.2, 0.25) is 0 Å². The molecule has 1 amide bonds. The summed E-state index contributed by atoms with van der Waals surface area (Å²) in [5.74, 6) is 0.0222. The maximum Gasteiger partial charge on any atom is 0.417 e. The van der Waals surface area contributed by atoms with Crippen LogP contribution in [0.1, 0.15) is 39.9 Å². The number of hydrogen-bond acceptors (Lipinski definition) is 4. The molecule has 0 bridgehead atoms. The van der Waals surface area contributed by atoms with E-state index in [-0.39, 0.29) is 17.4 Å². The number of aromatic nitrogens is 1. The second kappa shape index (κ2) is 7.69. The summed E-state index contributed by atoms with van der Waals surface area (Å²) in [4.78, 5) is 28.7. The zero-order valence-electron chi connectivity index (χ0n) is 18.1. The topological polar surface area (TPSA) is 69.3 Å². The van der Waals surface area contributed by atoms with Crippen LogP contribution < -0.4 is 10.5 Å². The highest BCUT2D eigenvalue weighted by molar-refractivity contribution is 5.78. The molecule has 2 aromatic rings. The average molecular weight is 444 g/mol. The number of alkyl halides is 3. The highest BCUT2D eigenvalue weighted by Crippen LogP contribution is 2.36. The van der Waals surface area contributed by atoms with E-state index in [2.05, 4.69) is 0 Å². The molecule has 2 aliphatic heterocycles. The van der Waals surface area contributed by atoms with Crippen molar-refractivity contribution in [2.24, 2.45) is 13.0 Å². The van der Waals surface area contributed by atoms with Crippen LogP contribution in [0, 0.1) is 31.1 Å². The van der Waals surface area contributed by atoms with Gasteiger partial charge in [0, 0.05) is 56.0 Å². The molecule has 0 radical (unpaired) electrons. The molecule has 0 atom stereocenters. The molecule has 1 fully saturated rings. The predicted octanol–water partition coefficient (Wildman–Crippen LogP) is 3.26. The number of nitrogens with zero attached hydrogens (tertiary/aromatic N) is 4. The lowest BCUT2D eigenvalue weighted by Gasteiger charge is -2.41. The first-order valence-corrected chi connectivity index (χ1v) is 10.3. The highest BCUT2D eigenvalue weighted by Gasteiger charge is 2.37. The van der Waals surface area contributed by atoms with E-state index in [0.29, 0.717) is 43.9 Å². The van der Waals surface area contributed by atoms with Crippen molar-refractivity contribution in [1.82, 2.24) is 9.47 Å². The molecule has 1 aromatic heterocycles. The lowest BCUT2D eigenvalue weighted by atomic mass is 9.94. The van der Waals surface area contributed by atoms with E-state index in [1.807, 2.05) is 6.92 Å². The van der Waals surface area contributed by atoms with Crippen LogP contribution in [0.4, 0.5) is 18.9 Å². The molecule has 4 rings (SSSR count). The lowest BCUT2D eigenvalue weighted by Crippen LogP contribution is -2.48. The van der Waals surface area contributed by atoms with E-state index < -0.39 is 17.3 Å². The summed E-state index contributed by atoms with van der Waals surface area (Å²) in [5, 5.41) is 8.93. The first kappa shape index (κ1) is 21.9. The Bertz CT molecular complexity index is 1200. The van der Waals surface area contributed by atoms with Gasteiger partial charge >= 0.3 is 6.18 Å². The minimum Gasteiger partial charge on any atom is -0.371 e. The van der Waals surface area contributed by atoms with E-state index >= 15 is 0 Å². The van der Waals surface area contributed by atoms with Crippen LogP contribution in [-0.2, 0) is 31.1 Å². The van der Waals surface area contributed by atoms with Gasteiger partial charge in [-0.25, -0.2) is 0 Å². The summed E-state index contributed by atoms with van der Waals surface area (Å²) in [5.41, 5.74) is 2.50. The van der Waals surface area contributed by atoms with Gasteiger partial charge in [0.15, 0.2) is 0 Å². The molecule has 1 saturated heterocycles. The number of carbonyl (C=O) groups excluding carboxylic acids is 1. The van der Waals surface area contributed by atoms with E-state index in [1.165, 1.54) is 12.1 Å². The Balaban J connectivity index is 1.40. The van der Waals surface area contributed by atoms with Gasteiger partial charge in [0.2, 0.25) is 5.91 Å². The van der Waals surface area contributed by atoms with Crippen molar-refractivity contribution < 1.29 is 18.0 Å². The molecule has 168 valence electrons. The van der Waals surface area contributed by atoms with E-state index in [9.17, 15) is 22.8 Å². The van der Waals surface area contributed by atoms with E-state index in [1.54, 1.807) is 34.4 Å². The molecule has 0 N–H and O–H groups in total. The molecule has 6 nitrogen and oxygen atoms in total. The van der Waals surface area contributed by atoms with Crippen LogP contribution >= 0.6 is 0 Å². The Kier molecular flexibility index (Phi) is 5.27. The Labute approximate surface area is 183 Å². The van der Waals surface area contributed by atoms with Gasteiger partial charge in [-0.3, -0.25) is 9.59 Å². The number of rotatable bonds is 3. The maximum absolute atomic E-state index is 13.2. The van der Waals surface area contributed by atoms with Crippen molar-refractivity contribution in [3.05, 3.63) is 62.1 Å². The van der Waals surface area contributed by atoms with Gasteiger partial charge < -0.3 is 14.4 Å². The standard InChI is InChI=1S/C23H23F3N4O2/c1-13-14(2)22(32)28(3)20-12-30(11-18(13)20)21(31)6-15-9-29(10-15)17-5-4-16(8-27)19(7-17)23(24,25)26/h4-5,7,15H,6,9-12H2,1-3H3. The lowest BCUT2D eigenvalue weighted by molar-refractivity contribution is -0.137. The number of pyridine rings is 1. The normalized spacial score (nSPS) is 16.0. The Morgan fingerprint density at radius 1 is 1.19 bits per heavy atom. The largest absolute Gasteiger partial charge is 0.417 e. The molecule has 0 saturated carbocycles. The second-order valence-electron chi connectivity index (χ2n) is 8.60. The van der Waals surface area contributed by atoms with Crippen molar-refractivity contribution in [2.45, 2.75) is 39.5 Å². The number of benzene rings is 1. The molecule has 32 heavy (non-hydrogen) atoms. The zero-order valence-corrected chi connectivity index (χ0v) is 18.1. The fourth-order valence-electron chi connectivity index (χ4n) is 4.54. The number of carbonyl (C=O) groups is 1. The SMILES string of the molecule is Cc1c2c(n(C)c(=O)c1C)CN(C(=O)CC1CN(c3ccc(C#N)c(C(F)(F)F)c3)C1)C2. The summed E-state index contributed by atoms with van der Waals surface area (Å²) >= 11 is 0. The number of amides is 1. The van der Waals surface area contributed by atoms with Gasteiger partial charge in [0.05, 0.1) is 23.7 Å². The number of halogens is 3. The Morgan fingerprint density at radius 3 is 2.50 bits per heavy atom. The molecule has 0 unspecified atom stereocenters. The second-order valence-corrected chi connectivity index (χ2v) is 8.60. The summed E-state index contributed by atoms with van der Waals surface area (Å²) in [6.07, 6.45) is -4.29. The van der Waals surface area contributed by atoms with Crippen molar-refractivity contribution in [2.75, 3.05) is 18.0 Å². The third-order valence-electron chi connectivity index (χ3n) is 6.65. The average Bonchev–Trinajstić information content (AvgIpc) is 3.17. The molecule has 1 aromatic carbocycles. The first-order chi connectivity index (χ1) is 15.0. The monoisotopic (exact) mass is 444 g/mol. The summed E-state index contributed by atoms with van der Waals surface area (Å²) < 4.78 is 41.2. The minimum absolute atomic E-state index is 0.0221. The van der Waals surface area contributed by atoms with Crippen molar-refractivity contribution in [1.29, 1.82) is 5.26 Å². The molecule has 2 aliphatic rings. The quantitative estimate of drug-likeness (QED) is 0.729. The number of fused-ring (bicyclic) bond motifs is 1. The molecule has 0 aliphatic carbocycles. The van der Waals surface area contributed by atoms with Crippen LogP contribution in [-0.4, -0.2) is 28.5 Å². The first-order valence-electron chi connectivity index (χ1n) is 10.3. The van der Waals surface area contributed by atoms with Gasteiger partial charge in [0.25, 0.3) is 5.56 Å². The third kappa shape index (κ3) is 3.64. The van der Waals surface area contributed by atoms with Crippen molar-refractivity contribution in [3.63, 3.8) is 0 Å². The highest BCUT2D eigenvalue weighted by atomic mass is 19.4. The number of nitriles is 1. The maximum atomic E-state index is 13.2. The Morgan fingerprint density at radius 2 is 1.88 bits per heavy atom. The van der Waals surface area contributed by atoms with Crippen LogP contribution in [0.15, 0.2) is 23.0 Å². The predicted molar refractivity (Wildman–Crippen MR) is 112 cm³/mol. The van der Waals surface area contributed by atoms with E-state index in [4.69, 9.17) is 5.26 Å². The Hall–Kier alpha value is -3.28. The van der Waals surface area contributed by atoms with Gasteiger partial charge in [-0.2, -0.15) is 18.4 Å². The molecular formula is C23H23F3N4O2. The molecule has 0 spiro atoms. The third-order valence-corrected chi connectivity index (χ3v) is 6.65. The minimum atomic E-state index is -4.59. The fourth-order valence-corrected chi connectivity index (χ4v) is 4.54. The van der Waals surface area contributed by atoms with Crippen LogP contribution in [0.5, 0.6) is 0 Å². The number of hydrogen-bond donors (Lipinski definition) is 0. The van der Waals surface area contributed by atoms with Crippen molar-refractivity contribution >= 4 is 11.6 Å². The molecule has 3 heterocycles. The van der Waals surface area contributed by atoms with Crippen LogP contribution in [0.25, 0.3) is 0 Å². The number of anilines is 1. The molecule has 9 heteroatoms. The summed E-state index contributed by atoms with van der Waals surface area (Å²) in [7, 11) is 1.72. The fraction of sp³-hybridized carbons (Fsp3) is 0.435. The van der Waals surface area contributed by atoms with Crippen LogP contribution in [0.3, 0.4) is 0 Å².